The predicted molar refractivity (Wildman–Crippen MR) is 99.3 cm³/mol. The highest BCUT2D eigenvalue weighted by atomic mass is 32.1. The van der Waals surface area contributed by atoms with Gasteiger partial charge in [0.1, 0.15) is 0 Å². The third kappa shape index (κ3) is 4.23. The third-order valence-electron chi connectivity index (χ3n) is 5.42. The van der Waals surface area contributed by atoms with Crippen molar-refractivity contribution in [2.24, 2.45) is 5.92 Å². The predicted octanol–water partition coefficient (Wildman–Crippen LogP) is 3.57. The van der Waals surface area contributed by atoms with Gasteiger partial charge in [-0.15, -0.1) is 11.3 Å². The fraction of sp³-hybridized carbons (Fsp3) is 0.684. The van der Waals surface area contributed by atoms with E-state index in [0.29, 0.717) is 18.4 Å². The molecular weight excluding hydrogens is 336 g/mol. The van der Waals surface area contributed by atoms with Gasteiger partial charge in [-0.1, -0.05) is 0 Å². The van der Waals surface area contributed by atoms with Gasteiger partial charge in [-0.3, -0.25) is 9.69 Å². The van der Waals surface area contributed by atoms with Crippen LogP contribution in [0.5, 0.6) is 0 Å². The first-order valence-electron chi connectivity index (χ1n) is 9.34. The highest BCUT2D eigenvalue weighted by Crippen LogP contribution is 2.28. The molecule has 0 spiro atoms. The Hall–Kier alpha value is -1.40. The van der Waals surface area contributed by atoms with E-state index in [1.807, 2.05) is 30.2 Å². The van der Waals surface area contributed by atoms with Crippen molar-refractivity contribution in [1.29, 1.82) is 0 Å². The summed E-state index contributed by atoms with van der Waals surface area (Å²) >= 11 is 1.57. The van der Waals surface area contributed by atoms with E-state index in [4.69, 9.17) is 4.74 Å². The number of ether oxygens (including phenoxy) is 1. The number of rotatable bonds is 4. The summed E-state index contributed by atoms with van der Waals surface area (Å²) in [5.41, 5.74) is 1.11. The number of carbonyl (C=O) groups is 2. The van der Waals surface area contributed by atoms with E-state index in [1.54, 1.807) is 11.3 Å². The maximum Gasteiger partial charge on any atom is 0.409 e. The number of Topliss-reactive ketones (excluding diaryl/α,β-unsaturated/α-hetero) is 1. The summed E-state index contributed by atoms with van der Waals surface area (Å²) < 4.78 is 5.09. The number of hydrogen-bond acceptors (Lipinski definition) is 5. The first-order chi connectivity index (χ1) is 12.1. The number of ketones is 1. The minimum absolute atomic E-state index is 0.120. The van der Waals surface area contributed by atoms with Crippen LogP contribution in [0.15, 0.2) is 11.4 Å². The Morgan fingerprint density at radius 1 is 1.24 bits per heavy atom. The van der Waals surface area contributed by atoms with Crippen molar-refractivity contribution < 1.29 is 14.3 Å². The van der Waals surface area contributed by atoms with Crippen molar-refractivity contribution in [1.82, 2.24) is 9.80 Å². The zero-order chi connectivity index (χ0) is 17.8. The summed E-state index contributed by atoms with van der Waals surface area (Å²) in [6.45, 7) is 7.72. The number of nitrogens with zero attached hydrogens (tertiary/aromatic N) is 2. The quantitative estimate of drug-likeness (QED) is 0.767. The Morgan fingerprint density at radius 2 is 2.00 bits per heavy atom. The second kappa shape index (κ2) is 8.32. The van der Waals surface area contributed by atoms with Gasteiger partial charge in [0, 0.05) is 31.6 Å². The third-order valence-corrected chi connectivity index (χ3v) is 6.45. The first-order valence-corrected chi connectivity index (χ1v) is 10.2. The van der Waals surface area contributed by atoms with E-state index >= 15 is 0 Å². The molecule has 2 saturated heterocycles. The Labute approximate surface area is 153 Å². The second-order valence-electron chi connectivity index (χ2n) is 7.05. The van der Waals surface area contributed by atoms with Crippen molar-refractivity contribution in [2.45, 2.75) is 45.6 Å². The summed E-state index contributed by atoms with van der Waals surface area (Å²) in [5.74, 6) is 0.440. The van der Waals surface area contributed by atoms with Crippen LogP contribution in [-0.4, -0.2) is 60.5 Å². The summed E-state index contributed by atoms with van der Waals surface area (Å²) in [5, 5.41) is 2.01. The molecule has 5 nitrogen and oxygen atoms in total. The van der Waals surface area contributed by atoms with Crippen LogP contribution in [0.1, 0.15) is 47.8 Å². The summed E-state index contributed by atoms with van der Waals surface area (Å²) in [6.07, 6.45) is 3.82. The van der Waals surface area contributed by atoms with Crippen molar-refractivity contribution >= 4 is 23.2 Å². The van der Waals surface area contributed by atoms with Gasteiger partial charge in [0.25, 0.3) is 0 Å². The van der Waals surface area contributed by atoms with Gasteiger partial charge in [0.2, 0.25) is 0 Å². The molecule has 0 aliphatic carbocycles. The summed E-state index contributed by atoms with van der Waals surface area (Å²) in [7, 11) is 0. The molecule has 1 aromatic heterocycles. The average Bonchev–Trinajstić information content (AvgIpc) is 3.07. The van der Waals surface area contributed by atoms with Crippen molar-refractivity contribution in [2.75, 3.05) is 32.8 Å². The number of likely N-dealkylation sites (tertiary alicyclic amines) is 2. The van der Waals surface area contributed by atoms with Crippen LogP contribution < -0.4 is 0 Å². The Kier molecular flexibility index (Phi) is 6.12. The van der Waals surface area contributed by atoms with Crippen molar-refractivity contribution in [3.05, 3.63) is 21.9 Å². The first kappa shape index (κ1) is 18.4. The number of hydrogen-bond donors (Lipinski definition) is 0. The smallest absolute Gasteiger partial charge is 0.409 e. The Balaban J connectivity index is 1.55. The van der Waals surface area contributed by atoms with Gasteiger partial charge in [0.15, 0.2) is 5.78 Å². The molecule has 25 heavy (non-hydrogen) atoms. The number of piperidine rings is 2. The molecule has 6 heteroatoms. The van der Waals surface area contributed by atoms with E-state index in [9.17, 15) is 9.59 Å². The molecule has 1 amide bonds. The van der Waals surface area contributed by atoms with Gasteiger partial charge in [0.05, 0.1) is 11.5 Å². The molecule has 0 N–H and O–H groups in total. The molecule has 0 unspecified atom stereocenters. The van der Waals surface area contributed by atoms with Crippen LogP contribution in [0.2, 0.25) is 0 Å². The lowest BCUT2D eigenvalue weighted by molar-refractivity contribution is 0.0533. The maximum absolute atomic E-state index is 12.8. The molecule has 1 atom stereocenters. The number of carbonyl (C=O) groups excluding carboxylic acids is 2. The lowest BCUT2D eigenvalue weighted by atomic mass is 9.90. The highest BCUT2D eigenvalue weighted by molar-refractivity contribution is 7.12. The van der Waals surface area contributed by atoms with Crippen LogP contribution in [0, 0.1) is 12.8 Å². The lowest BCUT2D eigenvalue weighted by Gasteiger charge is -2.41. The van der Waals surface area contributed by atoms with Crippen LogP contribution >= 0.6 is 11.3 Å². The number of thiophene rings is 1. The summed E-state index contributed by atoms with van der Waals surface area (Å²) in [4.78, 5) is 29.9. The van der Waals surface area contributed by atoms with Gasteiger partial charge in [-0.05, 0) is 63.1 Å². The van der Waals surface area contributed by atoms with Crippen molar-refractivity contribution in [3.8, 4) is 0 Å². The molecule has 2 aliphatic rings. The molecule has 2 aliphatic heterocycles. The Bertz CT molecular complexity index is 608. The SMILES string of the molecule is CCOC(=O)N1CCC(N2CCC[C@H](C(=O)c3sccc3C)C2)CC1. The molecule has 1 aromatic rings. The molecule has 0 saturated carbocycles. The van der Waals surface area contributed by atoms with Crippen LogP contribution in [-0.2, 0) is 4.74 Å². The fourth-order valence-corrected chi connectivity index (χ4v) is 4.94. The zero-order valence-corrected chi connectivity index (χ0v) is 16.0. The lowest BCUT2D eigenvalue weighted by Crippen LogP contribution is -2.50. The van der Waals surface area contributed by atoms with Gasteiger partial charge in [-0.25, -0.2) is 4.79 Å². The largest absolute Gasteiger partial charge is 0.450 e. The molecule has 3 rings (SSSR count). The van der Waals surface area contributed by atoms with Crippen LogP contribution in [0.3, 0.4) is 0 Å². The van der Waals surface area contributed by atoms with Crippen molar-refractivity contribution in [3.63, 3.8) is 0 Å². The molecule has 0 radical (unpaired) electrons. The highest BCUT2D eigenvalue weighted by Gasteiger charge is 2.33. The molecule has 138 valence electrons. The zero-order valence-electron chi connectivity index (χ0n) is 15.2. The van der Waals surface area contributed by atoms with E-state index in [-0.39, 0.29) is 12.0 Å². The van der Waals surface area contributed by atoms with Gasteiger partial charge < -0.3 is 9.64 Å². The maximum atomic E-state index is 12.8. The Morgan fingerprint density at radius 3 is 2.64 bits per heavy atom. The summed E-state index contributed by atoms with van der Waals surface area (Å²) in [6, 6.07) is 2.51. The van der Waals surface area contributed by atoms with E-state index in [1.165, 1.54) is 0 Å². The monoisotopic (exact) mass is 364 g/mol. The van der Waals surface area contributed by atoms with Crippen LogP contribution in [0.25, 0.3) is 0 Å². The minimum atomic E-state index is -0.194. The minimum Gasteiger partial charge on any atom is -0.450 e. The number of amides is 1. The van der Waals surface area contributed by atoms with Crippen LogP contribution in [0.4, 0.5) is 4.79 Å². The normalized spacial score (nSPS) is 22.8. The molecule has 3 heterocycles. The molecule has 0 bridgehead atoms. The standard InChI is InChI=1S/C19H28N2O3S/c1-3-24-19(23)20-10-6-16(7-11-20)21-9-4-5-15(13-21)17(22)18-14(2)8-12-25-18/h8,12,15-16H,3-7,9-11,13H2,1-2H3/t15-/m0/s1. The molecule has 2 fully saturated rings. The molecular formula is C19H28N2O3S. The average molecular weight is 365 g/mol. The second-order valence-corrected chi connectivity index (χ2v) is 7.96. The fourth-order valence-electron chi connectivity index (χ4n) is 3.99. The molecule has 0 aromatic carbocycles. The van der Waals surface area contributed by atoms with Gasteiger partial charge in [-0.2, -0.15) is 0 Å². The van der Waals surface area contributed by atoms with Gasteiger partial charge >= 0.3 is 6.09 Å². The number of aryl methyl sites for hydroxylation is 1. The topological polar surface area (TPSA) is 49.9 Å². The van der Waals surface area contributed by atoms with E-state index in [2.05, 4.69) is 4.90 Å². The van der Waals surface area contributed by atoms with E-state index in [0.717, 1.165) is 62.3 Å². The van der Waals surface area contributed by atoms with E-state index < -0.39 is 0 Å².